The maximum absolute atomic E-state index is 9.34. The lowest BCUT2D eigenvalue weighted by Crippen LogP contribution is -2.29. The van der Waals surface area contributed by atoms with Crippen LogP contribution in [0.4, 0.5) is 0 Å². The molecule has 0 bridgehead atoms. The van der Waals surface area contributed by atoms with Gasteiger partial charge in [0.2, 0.25) is 0 Å². The Morgan fingerprint density at radius 1 is 1.44 bits per heavy atom. The van der Waals surface area contributed by atoms with Crippen molar-refractivity contribution < 1.29 is 5.11 Å². The minimum Gasteiger partial charge on any atom is -0.388 e. The minimum atomic E-state index is -0.0494. The summed E-state index contributed by atoms with van der Waals surface area (Å²) in [6.45, 7) is 6.79. The van der Waals surface area contributed by atoms with Gasteiger partial charge in [0.15, 0.2) is 10.6 Å². The third kappa shape index (κ3) is 2.81. The summed E-state index contributed by atoms with van der Waals surface area (Å²) >= 11 is 5.44. The zero-order chi connectivity index (χ0) is 13.1. The molecular weight excluding hydrogens is 248 g/mol. The minimum absolute atomic E-state index is 0.0494. The molecule has 6 heteroatoms. The van der Waals surface area contributed by atoms with Gasteiger partial charge in [0.1, 0.15) is 6.61 Å². The molecule has 5 nitrogen and oxygen atoms in total. The molecule has 1 aliphatic carbocycles. The van der Waals surface area contributed by atoms with Gasteiger partial charge < -0.3 is 9.67 Å². The van der Waals surface area contributed by atoms with Crippen LogP contribution < -0.4 is 0 Å². The lowest BCUT2D eigenvalue weighted by molar-refractivity contribution is 0.203. The first-order valence-corrected chi connectivity index (χ1v) is 7.13. The molecule has 0 aromatic carbocycles. The van der Waals surface area contributed by atoms with Crippen LogP contribution in [-0.2, 0) is 19.8 Å². The molecule has 1 aromatic rings. The molecule has 0 unspecified atom stereocenters. The van der Waals surface area contributed by atoms with Crippen LogP contribution >= 0.6 is 12.2 Å². The Kier molecular flexibility index (Phi) is 4.53. The molecular formula is C12H22N4OS. The molecule has 1 heterocycles. The van der Waals surface area contributed by atoms with Crippen molar-refractivity contribution in [2.75, 3.05) is 6.54 Å². The summed E-state index contributed by atoms with van der Waals surface area (Å²) in [5.74, 6) is 0.675. The van der Waals surface area contributed by atoms with Gasteiger partial charge >= 0.3 is 0 Å². The van der Waals surface area contributed by atoms with Crippen LogP contribution in [0.15, 0.2) is 0 Å². The highest BCUT2D eigenvalue weighted by atomic mass is 32.1. The predicted molar refractivity (Wildman–Crippen MR) is 72.7 cm³/mol. The fraction of sp³-hybridized carbons (Fsp3) is 0.833. The lowest BCUT2D eigenvalue weighted by Gasteiger charge is -2.19. The van der Waals surface area contributed by atoms with Crippen LogP contribution in [0.5, 0.6) is 0 Å². The van der Waals surface area contributed by atoms with Crippen molar-refractivity contribution in [2.45, 2.75) is 59.0 Å². The highest BCUT2D eigenvalue weighted by molar-refractivity contribution is 7.71. The van der Waals surface area contributed by atoms with Crippen LogP contribution in [-0.4, -0.2) is 36.9 Å². The SMILES string of the molecule is CCCn1c(CO)nn(CN(CC)C2CC2)c1=S. The second-order valence-electron chi connectivity index (χ2n) is 4.79. The Morgan fingerprint density at radius 3 is 2.67 bits per heavy atom. The van der Waals surface area contributed by atoms with Crippen molar-refractivity contribution in [1.29, 1.82) is 0 Å². The molecule has 0 amide bonds. The van der Waals surface area contributed by atoms with E-state index in [0.717, 1.165) is 31.0 Å². The van der Waals surface area contributed by atoms with E-state index in [9.17, 15) is 5.11 Å². The molecule has 1 N–H and O–H groups in total. The normalized spacial score (nSPS) is 15.6. The van der Waals surface area contributed by atoms with E-state index in [2.05, 4.69) is 23.8 Å². The molecule has 1 aromatic heterocycles. The van der Waals surface area contributed by atoms with Gasteiger partial charge in [-0.2, -0.15) is 5.10 Å². The summed E-state index contributed by atoms with van der Waals surface area (Å²) in [5, 5.41) is 13.8. The molecule has 0 saturated heterocycles. The standard InChI is InChI=1S/C12H22N4OS/c1-3-7-15-11(8-17)13-16(12(15)18)9-14(4-2)10-5-6-10/h10,17H,3-9H2,1-2H3. The van der Waals surface area contributed by atoms with Crippen molar-refractivity contribution in [3.63, 3.8) is 0 Å². The summed E-state index contributed by atoms with van der Waals surface area (Å²) in [5.41, 5.74) is 0. The number of nitrogens with zero attached hydrogens (tertiary/aromatic N) is 4. The third-order valence-corrected chi connectivity index (χ3v) is 3.80. The Balaban J connectivity index is 2.19. The van der Waals surface area contributed by atoms with Crippen LogP contribution in [0.3, 0.4) is 0 Å². The van der Waals surface area contributed by atoms with Gasteiger partial charge in [0, 0.05) is 12.6 Å². The summed E-state index contributed by atoms with van der Waals surface area (Å²) in [6, 6.07) is 0.700. The first-order valence-electron chi connectivity index (χ1n) is 6.72. The zero-order valence-electron chi connectivity index (χ0n) is 11.2. The predicted octanol–water partition coefficient (Wildman–Crippen LogP) is 1.76. The summed E-state index contributed by atoms with van der Waals surface area (Å²) < 4.78 is 4.51. The summed E-state index contributed by atoms with van der Waals surface area (Å²) in [7, 11) is 0. The van der Waals surface area contributed by atoms with Crippen molar-refractivity contribution in [3.05, 3.63) is 10.6 Å². The number of aliphatic hydroxyl groups excluding tert-OH is 1. The molecule has 0 spiro atoms. The number of hydrogen-bond donors (Lipinski definition) is 1. The Hall–Kier alpha value is -0.720. The quantitative estimate of drug-likeness (QED) is 0.767. The van der Waals surface area contributed by atoms with E-state index in [0.29, 0.717) is 11.9 Å². The van der Waals surface area contributed by atoms with Gasteiger partial charge in [-0.15, -0.1) is 0 Å². The smallest absolute Gasteiger partial charge is 0.199 e. The van der Waals surface area contributed by atoms with Crippen LogP contribution in [0, 0.1) is 4.77 Å². The molecule has 0 aliphatic heterocycles. The molecule has 1 aliphatic rings. The van der Waals surface area contributed by atoms with E-state index in [-0.39, 0.29) is 6.61 Å². The third-order valence-electron chi connectivity index (χ3n) is 3.37. The van der Waals surface area contributed by atoms with Crippen molar-refractivity contribution in [1.82, 2.24) is 19.2 Å². The van der Waals surface area contributed by atoms with Gasteiger partial charge in [0.25, 0.3) is 0 Å². The highest BCUT2D eigenvalue weighted by Crippen LogP contribution is 2.26. The highest BCUT2D eigenvalue weighted by Gasteiger charge is 2.28. The van der Waals surface area contributed by atoms with Crippen molar-refractivity contribution >= 4 is 12.2 Å². The average molecular weight is 270 g/mol. The van der Waals surface area contributed by atoms with E-state index in [1.807, 2.05) is 9.25 Å². The van der Waals surface area contributed by atoms with E-state index in [1.165, 1.54) is 12.8 Å². The second-order valence-corrected chi connectivity index (χ2v) is 5.15. The molecule has 0 atom stereocenters. The Morgan fingerprint density at radius 2 is 2.17 bits per heavy atom. The van der Waals surface area contributed by atoms with E-state index < -0.39 is 0 Å². The van der Waals surface area contributed by atoms with Gasteiger partial charge in [-0.25, -0.2) is 4.68 Å². The number of hydrogen-bond acceptors (Lipinski definition) is 4. The Bertz CT molecular complexity index is 449. The van der Waals surface area contributed by atoms with Crippen LogP contribution in [0.25, 0.3) is 0 Å². The first-order chi connectivity index (χ1) is 8.71. The van der Waals surface area contributed by atoms with Crippen LogP contribution in [0.2, 0.25) is 0 Å². The van der Waals surface area contributed by atoms with Gasteiger partial charge in [-0.1, -0.05) is 13.8 Å². The zero-order valence-corrected chi connectivity index (χ0v) is 12.0. The molecule has 1 saturated carbocycles. The van der Waals surface area contributed by atoms with Crippen LogP contribution in [0.1, 0.15) is 38.9 Å². The topological polar surface area (TPSA) is 46.2 Å². The van der Waals surface area contributed by atoms with Gasteiger partial charge in [-0.05, 0) is 38.0 Å². The molecule has 18 heavy (non-hydrogen) atoms. The largest absolute Gasteiger partial charge is 0.388 e. The van der Waals surface area contributed by atoms with Gasteiger partial charge in [-0.3, -0.25) is 4.90 Å². The fourth-order valence-electron chi connectivity index (χ4n) is 2.23. The van der Waals surface area contributed by atoms with E-state index in [1.54, 1.807) is 0 Å². The Labute approximate surface area is 113 Å². The van der Waals surface area contributed by atoms with E-state index in [4.69, 9.17) is 12.2 Å². The second kappa shape index (κ2) is 5.95. The maximum atomic E-state index is 9.34. The number of aliphatic hydroxyl groups is 1. The monoisotopic (exact) mass is 270 g/mol. The fourth-order valence-corrected chi connectivity index (χ4v) is 2.52. The maximum Gasteiger partial charge on any atom is 0.199 e. The molecule has 102 valence electrons. The summed E-state index contributed by atoms with van der Waals surface area (Å²) in [4.78, 5) is 2.39. The average Bonchev–Trinajstić information content (AvgIpc) is 3.17. The molecule has 2 rings (SSSR count). The van der Waals surface area contributed by atoms with Crippen molar-refractivity contribution in [2.24, 2.45) is 0 Å². The first kappa shape index (κ1) is 13.7. The van der Waals surface area contributed by atoms with E-state index >= 15 is 0 Å². The molecule has 0 radical (unpaired) electrons. The number of aromatic nitrogens is 3. The van der Waals surface area contributed by atoms with Gasteiger partial charge in [0.05, 0.1) is 6.67 Å². The summed E-state index contributed by atoms with van der Waals surface area (Å²) in [6.07, 6.45) is 3.56. The number of rotatable bonds is 7. The molecule has 1 fully saturated rings. The lowest BCUT2D eigenvalue weighted by atomic mass is 10.4. The van der Waals surface area contributed by atoms with Crippen molar-refractivity contribution in [3.8, 4) is 0 Å².